The molecule has 0 fully saturated rings. The van der Waals surface area contributed by atoms with E-state index in [0.29, 0.717) is 17.4 Å². The number of nitrogens with zero attached hydrogens (tertiary/aromatic N) is 3. The summed E-state index contributed by atoms with van der Waals surface area (Å²) in [5.74, 6) is 0.590. The van der Waals surface area contributed by atoms with Crippen LogP contribution in [0.15, 0.2) is 54.7 Å². The van der Waals surface area contributed by atoms with Crippen LogP contribution in [0.1, 0.15) is 17.3 Å². The summed E-state index contributed by atoms with van der Waals surface area (Å²) in [6.45, 7) is 0.442. The molecule has 0 bridgehead atoms. The Hall–Kier alpha value is -2.83. The van der Waals surface area contributed by atoms with Crippen LogP contribution in [-0.2, 0) is 4.79 Å². The fourth-order valence-corrected chi connectivity index (χ4v) is 3.30. The number of ether oxygens (including phenoxy) is 1. The molecular formula is C21H23ClN4O2. The number of carbonyl (C=O) groups is 1. The molecule has 2 aromatic heterocycles. The molecule has 1 aromatic carbocycles. The highest BCUT2D eigenvalue weighted by atomic mass is 35.5. The molecule has 28 heavy (non-hydrogen) atoms. The van der Waals surface area contributed by atoms with Crippen molar-refractivity contribution in [1.82, 2.24) is 19.6 Å². The Morgan fingerprint density at radius 2 is 2.04 bits per heavy atom. The van der Waals surface area contributed by atoms with E-state index in [4.69, 9.17) is 16.3 Å². The number of para-hydroxylation sites is 1. The number of hydrogen-bond acceptors (Lipinski definition) is 4. The van der Waals surface area contributed by atoms with Gasteiger partial charge >= 0.3 is 0 Å². The van der Waals surface area contributed by atoms with Crippen LogP contribution in [0, 0.1) is 0 Å². The highest BCUT2D eigenvalue weighted by Crippen LogP contribution is 2.27. The van der Waals surface area contributed by atoms with Gasteiger partial charge in [0.15, 0.2) is 5.15 Å². The fraction of sp³-hybridized carbons (Fsp3) is 0.238. The number of likely N-dealkylation sites (N-methyl/N-ethyl adjacent to an activating group) is 1. The van der Waals surface area contributed by atoms with Crippen molar-refractivity contribution in [1.29, 1.82) is 0 Å². The second-order valence-electron chi connectivity index (χ2n) is 6.52. The molecule has 0 aliphatic rings. The number of halogens is 1. The fourth-order valence-electron chi connectivity index (χ4n) is 3.06. The number of amides is 1. The number of rotatable bonds is 7. The summed E-state index contributed by atoms with van der Waals surface area (Å²) in [5.41, 5.74) is 2.42. The Morgan fingerprint density at radius 1 is 1.29 bits per heavy atom. The molecule has 1 N–H and O–H groups in total. The predicted molar refractivity (Wildman–Crippen MR) is 112 cm³/mol. The van der Waals surface area contributed by atoms with Crippen molar-refractivity contribution < 1.29 is 9.53 Å². The summed E-state index contributed by atoms with van der Waals surface area (Å²) in [5, 5.41) is 3.31. The summed E-state index contributed by atoms with van der Waals surface area (Å²) in [6, 6.07) is 13.4. The van der Waals surface area contributed by atoms with E-state index in [1.54, 1.807) is 13.2 Å². The van der Waals surface area contributed by atoms with Crippen molar-refractivity contribution in [2.45, 2.75) is 6.04 Å². The lowest BCUT2D eigenvalue weighted by atomic mass is 10.0. The number of benzene rings is 1. The average Bonchev–Trinajstić information content (AvgIpc) is 3.01. The van der Waals surface area contributed by atoms with Crippen LogP contribution >= 0.6 is 11.6 Å². The first-order valence-electron chi connectivity index (χ1n) is 8.89. The lowest BCUT2D eigenvalue weighted by molar-refractivity contribution is -0.116. The quantitative estimate of drug-likeness (QED) is 0.619. The smallest absolute Gasteiger partial charge is 0.244 e. The Kier molecular flexibility index (Phi) is 6.34. The summed E-state index contributed by atoms with van der Waals surface area (Å²) in [4.78, 5) is 18.7. The van der Waals surface area contributed by atoms with E-state index in [2.05, 4.69) is 10.3 Å². The topological polar surface area (TPSA) is 58.9 Å². The van der Waals surface area contributed by atoms with E-state index in [1.165, 1.54) is 6.08 Å². The first kappa shape index (κ1) is 19.9. The summed E-state index contributed by atoms with van der Waals surface area (Å²) in [6.07, 6.45) is 5.00. The maximum absolute atomic E-state index is 12.4. The molecule has 1 unspecified atom stereocenters. The van der Waals surface area contributed by atoms with Gasteiger partial charge in [-0.2, -0.15) is 0 Å². The molecule has 0 saturated heterocycles. The van der Waals surface area contributed by atoms with Gasteiger partial charge in [-0.1, -0.05) is 35.9 Å². The van der Waals surface area contributed by atoms with E-state index in [-0.39, 0.29) is 11.9 Å². The van der Waals surface area contributed by atoms with Crippen LogP contribution in [0.3, 0.4) is 0 Å². The summed E-state index contributed by atoms with van der Waals surface area (Å²) >= 11 is 6.20. The van der Waals surface area contributed by atoms with E-state index in [9.17, 15) is 4.79 Å². The molecule has 2 heterocycles. The number of pyridine rings is 1. The maximum atomic E-state index is 12.4. The number of methoxy groups -OCH3 is 1. The molecule has 0 spiro atoms. The van der Waals surface area contributed by atoms with Gasteiger partial charge in [-0.05, 0) is 38.4 Å². The predicted octanol–water partition coefficient (Wildman–Crippen LogP) is 3.43. The molecule has 0 radical (unpaired) electrons. The number of imidazole rings is 1. The normalized spacial score (nSPS) is 12.6. The number of fused-ring (bicyclic) bond motifs is 1. The van der Waals surface area contributed by atoms with Gasteiger partial charge in [0, 0.05) is 24.4 Å². The third kappa shape index (κ3) is 4.35. The van der Waals surface area contributed by atoms with Gasteiger partial charge in [-0.15, -0.1) is 0 Å². The Labute approximate surface area is 169 Å². The zero-order valence-corrected chi connectivity index (χ0v) is 16.8. The number of carbonyl (C=O) groups excluding carboxylic acids is 1. The lowest BCUT2D eigenvalue weighted by Crippen LogP contribution is -2.34. The Morgan fingerprint density at radius 3 is 2.79 bits per heavy atom. The average molecular weight is 399 g/mol. The van der Waals surface area contributed by atoms with Crippen molar-refractivity contribution in [3.8, 4) is 5.75 Å². The zero-order chi connectivity index (χ0) is 20.1. The molecule has 146 valence electrons. The van der Waals surface area contributed by atoms with Crippen molar-refractivity contribution in [3.05, 3.63) is 71.1 Å². The molecule has 0 saturated carbocycles. The second kappa shape index (κ2) is 8.91. The van der Waals surface area contributed by atoms with Crippen LogP contribution in [0.25, 0.3) is 11.7 Å². The maximum Gasteiger partial charge on any atom is 0.244 e. The molecule has 3 aromatic rings. The zero-order valence-electron chi connectivity index (χ0n) is 16.1. The lowest BCUT2D eigenvalue weighted by Gasteiger charge is -2.26. The minimum Gasteiger partial charge on any atom is -0.496 e. The molecule has 0 aliphatic carbocycles. The van der Waals surface area contributed by atoms with Crippen molar-refractivity contribution in [3.63, 3.8) is 0 Å². The van der Waals surface area contributed by atoms with Crippen LogP contribution in [0.4, 0.5) is 0 Å². The van der Waals surface area contributed by atoms with Gasteiger partial charge in [0.05, 0.1) is 18.8 Å². The third-order valence-electron chi connectivity index (χ3n) is 4.51. The molecular weight excluding hydrogens is 376 g/mol. The first-order valence-corrected chi connectivity index (χ1v) is 9.27. The van der Waals surface area contributed by atoms with Gasteiger partial charge in [-0.25, -0.2) is 4.98 Å². The van der Waals surface area contributed by atoms with E-state index in [1.807, 2.05) is 72.1 Å². The van der Waals surface area contributed by atoms with E-state index >= 15 is 0 Å². The van der Waals surface area contributed by atoms with E-state index in [0.717, 1.165) is 17.0 Å². The largest absolute Gasteiger partial charge is 0.496 e. The van der Waals surface area contributed by atoms with Crippen LogP contribution < -0.4 is 10.1 Å². The van der Waals surface area contributed by atoms with Gasteiger partial charge in [0.2, 0.25) is 5.91 Å². The molecule has 6 nitrogen and oxygen atoms in total. The van der Waals surface area contributed by atoms with Crippen LogP contribution in [-0.4, -0.2) is 47.9 Å². The van der Waals surface area contributed by atoms with Crippen molar-refractivity contribution in [2.75, 3.05) is 27.7 Å². The van der Waals surface area contributed by atoms with Crippen molar-refractivity contribution in [2.24, 2.45) is 0 Å². The summed E-state index contributed by atoms with van der Waals surface area (Å²) in [7, 11) is 5.58. The standard InChI is InChI=1S/C21H23ClN4O2/c1-25(2)17(15-8-4-5-9-18(15)28-3)14-23-20(27)12-11-16-21(22)24-19-10-6-7-13-26(16)19/h4-13,17H,14H2,1-3H3,(H,23,27)/b12-11+. The number of hydrogen-bond donors (Lipinski definition) is 1. The van der Waals surface area contributed by atoms with Gasteiger partial charge in [-0.3, -0.25) is 9.20 Å². The number of aromatic nitrogens is 2. The highest BCUT2D eigenvalue weighted by molar-refractivity contribution is 6.31. The molecule has 3 rings (SSSR count). The van der Waals surface area contributed by atoms with Crippen molar-refractivity contribution >= 4 is 29.2 Å². The second-order valence-corrected chi connectivity index (χ2v) is 6.87. The minimum absolute atomic E-state index is 0.0205. The van der Waals surface area contributed by atoms with Crippen LogP contribution in [0.5, 0.6) is 5.75 Å². The monoisotopic (exact) mass is 398 g/mol. The molecule has 1 atom stereocenters. The minimum atomic E-state index is -0.205. The van der Waals surface area contributed by atoms with E-state index < -0.39 is 0 Å². The Balaban J connectivity index is 1.71. The van der Waals surface area contributed by atoms with Gasteiger partial charge in [0.1, 0.15) is 11.4 Å². The first-order chi connectivity index (χ1) is 13.5. The highest BCUT2D eigenvalue weighted by Gasteiger charge is 2.18. The third-order valence-corrected chi connectivity index (χ3v) is 4.78. The SMILES string of the molecule is COc1ccccc1C(CNC(=O)/C=C/c1c(Cl)nc2ccccn12)N(C)C. The molecule has 0 aliphatic heterocycles. The summed E-state index contributed by atoms with van der Waals surface area (Å²) < 4.78 is 7.29. The Bertz CT molecular complexity index is 997. The van der Waals surface area contributed by atoms with Crippen LogP contribution in [0.2, 0.25) is 5.15 Å². The molecule has 1 amide bonds. The number of nitrogens with one attached hydrogen (secondary N) is 1. The van der Waals surface area contributed by atoms with Gasteiger partial charge < -0.3 is 15.0 Å². The molecule has 7 heteroatoms. The van der Waals surface area contributed by atoms with Gasteiger partial charge in [0.25, 0.3) is 0 Å².